The SMILES string of the molecule is Cc1ccc(Nc2n[nH]nc2C(=O)Nc2ccc(Br)c(C)c2)cc1C. The van der Waals surface area contributed by atoms with Crippen LogP contribution in [0.1, 0.15) is 27.2 Å². The fraction of sp³-hybridized carbons (Fsp3) is 0.167. The number of halogens is 1. The number of hydrogen-bond acceptors (Lipinski definition) is 4. The zero-order valence-corrected chi connectivity index (χ0v) is 15.7. The molecule has 0 saturated carbocycles. The highest BCUT2D eigenvalue weighted by atomic mass is 79.9. The van der Waals surface area contributed by atoms with Crippen LogP contribution in [0.3, 0.4) is 0 Å². The Bertz CT molecular complexity index is 935. The van der Waals surface area contributed by atoms with E-state index in [1.54, 1.807) is 0 Å². The van der Waals surface area contributed by atoms with Crippen molar-refractivity contribution in [2.24, 2.45) is 0 Å². The number of H-pyrrole nitrogens is 1. The lowest BCUT2D eigenvalue weighted by atomic mass is 10.1. The number of nitrogens with zero attached hydrogens (tertiary/aromatic N) is 2. The average molecular weight is 400 g/mol. The van der Waals surface area contributed by atoms with Crippen molar-refractivity contribution in [3.63, 3.8) is 0 Å². The summed E-state index contributed by atoms with van der Waals surface area (Å²) in [6.45, 7) is 6.05. The Morgan fingerprint density at radius 1 is 0.960 bits per heavy atom. The van der Waals surface area contributed by atoms with Crippen LogP contribution in [0.25, 0.3) is 0 Å². The van der Waals surface area contributed by atoms with Crippen molar-refractivity contribution >= 4 is 39.0 Å². The summed E-state index contributed by atoms with van der Waals surface area (Å²) in [4.78, 5) is 12.5. The number of carbonyl (C=O) groups is 1. The normalized spacial score (nSPS) is 10.6. The monoisotopic (exact) mass is 399 g/mol. The Kier molecular flexibility index (Phi) is 4.85. The molecule has 0 atom stereocenters. The van der Waals surface area contributed by atoms with Gasteiger partial charge < -0.3 is 10.6 Å². The Labute approximate surface area is 154 Å². The summed E-state index contributed by atoms with van der Waals surface area (Å²) < 4.78 is 0.990. The molecule has 1 aromatic heterocycles. The van der Waals surface area contributed by atoms with E-state index in [0.717, 1.165) is 21.3 Å². The molecular formula is C18H18BrN5O. The molecule has 3 rings (SSSR count). The van der Waals surface area contributed by atoms with Crippen LogP contribution in [0.5, 0.6) is 0 Å². The molecule has 0 radical (unpaired) electrons. The average Bonchev–Trinajstić information content (AvgIpc) is 3.03. The van der Waals surface area contributed by atoms with Crippen LogP contribution in [-0.4, -0.2) is 21.3 Å². The lowest BCUT2D eigenvalue weighted by Gasteiger charge is -2.09. The molecular weight excluding hydrogens is 382 g/mol. The van der Waals surface area contributed by atoms with E-state index in [2.05, 4.69) is 42.0 Å². The third-order valence-corrected chi connectivity index (χ3v) is 4.84. The van der Waals surface area contributed by atoms with Crippen LogP contribution in [-0.2, 0) is 0 Å². The molecule has 6 nitrogen and oxygen atoms in total. The Morgan fingerprint density at radius 2 is 1.68 bits per heavy atom. The number of aryl methyl sites for hydroxylation is 3. The van der Waals surface area contributed by atoms with Crippen LogP contribution < -0.4 is 10.6 Å². The second-order valence-corrected chi connectivity index (χ2v) is 6.72. The van der Waals surface area contributed by atoms with Crippen LogP contribution in [0.4, 0.5) is 17.2 Å². The number of rotatable bonds is 4. The van der Waals surface area contributed by atoms with Gasteiger partial charge in [-0.15, -0.1) is 10.2 Å². The highest BCUT2D eigenvalue weighted by molar-refractivity contribution is 9.10. The number of aromatic amines is 1. The van der Waals surface area contributed by atoms with E-state index < -0.39 is 0 Å². The lowest BCUT2D eigenvalue weighted by Crippen LogP contribution is -2.14. The van der Waals surface area contributed by atoms with E-state index in [-0.39, 0.29) is 11.6 Å². The van der Waals surface area contributed by atoms with Gasteiger partial charge in [-0.25, -0.2) is 0 Å². The van der Waals surface area contributed by atoms with Gasteiger partial charge in [0.05, 0.1) is 0 Å². The number of amides is 1. The van der Waals surface area contributed by atoms with Gasteiger partial charge in [0.2, 0.25) is 0 Å². The Hall–Kier alpha value is -2.67. The number of hydrogen-bond donors (Lipinski definition) is 3. The summed E-state index contributed by atoms with van der Waals surface area (Å²) in [6.07, 6.45) is 0. The topological polar surface area (TPSA) is 82.7 Å². The number of aromatic nitrogens is 3. The van der Waals surface area contributed by atoms with Crippen molar-refractivity contribution < 1.29 is 4.79 Å². The molecule has 128 valence electrons. The van der Waals surface area contributed by atoms with Gasteiger partial charge in [0.15, 0.2) is 11.5 Å². The quantitative estimate of drug-likeness (QED) is 0.603. The molecule has 0 spiro atoms. The van der Waals surface area contributed by atoms with Gasteiger partial charge in [0.25, 0.3) is 5.91 Å². The first-order valence-corrected chi connectivity index (χ1v) is 8.56. The first-order valence-electron chi connectivity index (χ1n) is 7.76. The summed E-state index contributed by atoms with van der Waals surface area (Å²) in [5, 5.41) is 16.5. The van der Waals surface area contributed by atoms with Gasteiger partial charge in [0.1, 0.15) is 0 Å². The molecule has 0 aliphatic carbocycles. The lowest BCUT2D eigenvalue weighted by molar-refractivity contribution is 0.102. The van der Waals surface area contributed by atoms with Crippen LogP contribution >= 0.6 is 15.9 Å². The fourth-order valence-electron chi connectivity index (χ4n) is 2.35. The molecule has 1 heterocycles. The fourth-order valence-corrected chi connectivity index (χ4v) is 2.59. The van der Waals surface area contributed by atoms with Crippen molar-refractivity contribution in [3.8, 4) is 0 Å². The van der Waals surface area contributed by atoms with E-state index >= 15 is 0 Å². The van der Waals surface area contributed by atoms with Crippen molar-refractivity contribution in [1.29, 1.82) is 0 Å². The first-order chi connectivity index (χ1) is 11.9. The minimum atomic E-state index is -0.332. The molecule has 0 saturated heterocycles. The van der Waals surface area contributed by atoms with Crippen LogP contribution in [0, 0.1) is 20.8 Å². The van der Waals surface area contributed by atoms with Gasteiger partial charge in [-0.05, 0) is 67.8 Å². The maximum atomic E-state index is 12.5. The number of nitrogens with one attached hydrogen (secondary N) is 3. The van der Waals surface area contributed by atoms with Gasteiger partial charge in [-0.3, -0.25) is 4.79 Å². The second-order valence-electron chi connectivity index (χ2n) is 5.86. The van der Waals surface area contributed by atoms with Gasteiger partial charge >= 0.3 is 0 Å². The molecule has 25 heavy (non-hydrogen) atoms. The zero-order valence-electron chi connectivity index (χ0n) is 14.1. The van der Waals surface area contributed by atoms with E-state index in [1.165, 1.54) is 5.56 Å². The number of benzene rings is 2. The van der Waals surface area contributed by atoms with E-state index in [9.17, 15) is 4.79 Å². The third-order valence-electron chi connectivity index (χ3n) is 3.95. The summed E-state index contributed by atoms with van der Waals surface area (Å²) in [7, 11) is 0. The van der Waals surface area contributed by atoms with Crippen LogP contribution in [0.15, 0.2) is 40.9 Å². The van der Waals surface area contributed by atoms with Gasteiger partial charge in [-0.2, -0.15) is 5.21 Å². The molecule has 0 fully saturated rings. The standard InChI is InChI=1S/C18H18BrN5O/c1-10-4-5-13(8-11(10)2)20-17-16(22-24-23-17)18(25)21-14-6-7-15(19)12(3)9-14/h4-9H,1-3H3,(H,21,25)(H2,20,22,23,24). The van der Waals surface area contributed by atoms with E-state index in [4.69, 9.17) is 0 Å². The molecule has 7 heteroatoms. The molecule has 2 aromatic carbocycles. The van der Waals surface area contributed by atoms with E-state index in [1.807, 2.05) is 57.2 Å². The molecule has 0 bridgehead atoms. The second kappa shape index (κ2) is 7.06. The largest absolute Gasteiger partial charge is 0.337 e. The molecule has 0 aliphatic rings. The van der Waals surface area contributed by atoms with Gasteiger partial charge in [0, 0.05) is 15.8 Å². The first kappa shape index (κ1) is 17.2. The Morgan fingerprint density at radius 3 is 2.40 bits per heavy atom. The highest BCUT2D eigenvalue weighted by Gasteiger charge is 2.17. The van der Waals surface area contributed by atoms with Crippen molar-refractivity contribution in [2.75, 3.05) is 10.6 Å². The minimum Gasteiger partial charge on any atom is -0.337 e. The Balaban J connectivity index is 1.79. The van der Waals surface area contributed by atoms with Crippen molar-refractivity contribution in [3.05, 3.63) is 63.3 Å². The summed E-state index contributed by atoms with van der Waals surface area (Å²) in [5.41, 5.74) is 5.15. The molecule has 3 aromatic rings. The van der Waals surface area contributed by atoms with Gasteiger partial charge in [-0.1, -0.05) is 22.0 Å². The van der Waals surface area contributed by atoms with Crippen molar-refractivity contribution in [1.82, 2.24) is 15.4 Å². The molecule has 0 unspecified atom stereocenters. The number of anilines is 3. The summed E-state index contributed by atoms with van der Waals surface area (Å²) in [5.74, 6) is 0.0522. The molecule has 1 amide bonds. The third kappa shape index (κ3) is 3.88. The molecule has 0 aliphatic heterocycles. The summed E-state index contributed by atoms with van der Waals surface area (Å²) >= 11 is 3.44. The summed E-state index contributed by atoms with van der Waals surface area (Å²) in [6, 6.07) is 11.6. The molecule has 3 N–H and O–H groups in total. The minimum absolute atomic E-state index is 0.207. The van der Waals surface area contributed by atoms with E-state index in [0.29, 0.717) is 11.5 Å². The maximum absolute atomic E-state index is 12.5. The smallest absolute Gasteiger partial charge is 0.280 e. The highest BCUT2D eigenvalue weighted by Crippen LogP contribution is 2.22. The number of carbonyl (C=O) groups excluding carboxylic acids is 1. The predicted molar refractivity (Wildman–Crippen MR) is 102 cm³/mol. The van der Waals surface area contributed by atoms with Crippen molar-refractivity contribution in [2.45, 2.75) is 20.8 Å². The van der Waals surface area contributed by atoms with Crippen LogP contribution in [0.2, 0.25) is 0 Å². The zero-order chi connectivity index (χ0) is 18.0. The maximum Gasteiger partial charge on any atom is 0.280 e. The predicted octanol–water partition coefficient (Wildman–Crippen LogP) is 4.49.